The van der Waals surface area contributed by atoms with Crippen molar-refractivity contribution in [3.05, 3.63) is 64.7 Å². The topological polar surface area (TPSA) is 65.4 Å². The zero-order valence-corrected chi connectivity index (χ0v) is 18.0. The van der Waals surface area contributed by atoms with Crippen molar-refractivity contribution in [3.63, 3.8) is 0 Å². The Kier molecular flexibility index (Phi) is 7.87. The Morgan fingerprint density at radius 3 is 2.60 bits per heavy atom. The van der Waals surface area contributed by atoms with Crippen molar-refractivity contribution < 1.29 is 9.53 Å². The molecule has 158 valence electrons. The van der Waals surface area contributed by atoms with Gasteiger partial charge in [-0.15, -0.1) is 0 Å². The standard InChI is InChI=1S/C25H31N3O2/c1-19-5-6-20(2)24(16-19)30-15-3-4-25(29)27-23-11-13-28(14-12-23)18-22-9-7-21(17-26)8-10-22/h5-10,16,23H,3-4,11-15,18H2,1-2H3,(H,27,29). The first kappa shape index (κ1) is 21.9. The summed E-state index contributed by atoms with van der Waals surface area (Å²) in [5.41, 5.74) is 4.22. The Labute approximate surface area is 179 Å². The van der Waals surface area contributed by atoms with Gasteiger partial charge >= 0.3 is 0 Å². The van der Waals surface area contributed by atoms with Crippen LogP contribution in [0.1, 0.15) is 47.9 Å². The fraction of sp³-hybridized carbons (Fsp3) is 0.440. The summed E-state index contributed by atoms with van der Waals surface area (Å²) in [6.45, 7) is 7.48. The van der Waals surface area contributed by atoms with E-state index in [-0.39, 0.29) is 11.9 Å². The smallest absolute Gasteiger partial charge is 0.220 e. The number of ether oxygens (including phenoxy) is 1. The minimum Gasteiger partial charge on any atom is -0.493 e. The number of nitriles is 1. The number of piperidine rings is 1. The molecule has 1 amide bonds. The minimum absolute atomic E-state index is 0.116. The van der Waals surface area contributed by atoms with Crippen LogP contribution in [0.15, 0.2) is 42.5 Å². The fourth-order valence-electron chi connectivity index (χ4n) is 3.76. The summed E-state index contributed by atoms with van der Waals surface area (Å²) in [7, 11) is 0. The van der Waals surface area contributed by atoms with Gasteiger partial charge in [0.1, 0.15) is 5.75 Å². The largest absolute Gasteiger partial charge is 0.493 e. The Morgan fingerprint density at radius 2 is 1.90 bits per heavy atom. The average molecular weight is 406 g/mol. The van der Waals surface area contributed by atoms with Gasteiger partial charge in [0.25, 0.3) is 0 Å². The number of nitrogens with zero attached hydrogens (tertiary/aromatic N) is 2. The summed E-state index contributed by atoms with van der Waals surface area (Å²) in [6, 6.07) is 16.4. The molecule has 1 aliphatic rings. The molecule has 1 N–H and O–H groups in total. The lowest BCUT2D eigenvalue weighted by molar-refractivity contribution is -0.122. The second kappa shape index (κ2) is 10.8. The van der Waals surface area contributed by atoms with Gasteiger partial charge < -0.3 is 10.1 Å². The van der Waals surface area contributed by atoms with Gasteiger partial charge in [-0.3, -0.25) is 9.69 Å². The number of likely N-dealkylation sites (tertiary alicyclic amines) is 1. The molecule has 2 aromatic rings. The van der Waals surface area contributed by atoms with E-state index in [9.17, 15) is 4.79 Å². The van der Waals surface area contributed by atoms with Gasteiger partial charge in [0.2, 0.25) is 5.91 Å². The molecule has 0 saturated carbocycles. The maximum atomic E-state index is 12.3. The zero-order chi connectivity index (χ0) is 21.3. The third-order valence-corrected chi connectivity index (χ3v) is 5.59. The van der Waals surface area contributed by atoms with Crippen LogP contribution in [0.4, 0.5) is 0 Å². The summed E-state index contributed by atoms with van der Waals surface area (Å²) in [4.78, 5) is 14.7. The van der Waals surface area contributed by atoms with E-state index in [0.29, 0.717) is 18.6 Å². The molecule has 1 aliphatic heterocycles. The van der Waals surface area contributed by atoms with Crippen molar-refractivity contribution in [3.8, 4) is 11.8 Å². The molecule has 0 aromatic heterocycles. The van der Waals surface area contributed by atoms with Crippen molar-refractivity contribution in [2.24, 2.45) is 0 Å². The highest BCUT2D eigenvalue weighted by Crippen LogP contribution is 2.19. The van der Waals surface area contributed by atoms with Gasteiger partial charge in [-0.25, -0.2) is 0 Å². The Hall–Kier alpha value is -2.84. The fourth-order valence-corrected chi connectivity index (χ4v) is 3.76. The van der Waals surface area contributed by atoms with Gasteiger partial charge in [-0.05, 0) is 68.0 Å². The van der Waals surface area contributed by atoms with Crippen molar-refractivity contribution in [2.45, 2.75) is 52.1 Å². The zero-order valence-electron chi connectivity index (χ0n) is 18.0. The average Bonchev–Trinajstić information content (AvgIpc) is 2.75. The molecule has 0 atom stereocenters. The Balaban J connectivity index is 1.32. The predicted molar refractivity (Wildman–Crippen MR) is 118 cm³/mol. The summed E-state index contributed by atoms with van der Waals surface area (Å²) in [5.74, 6) is 1.02. The Bertz CT molecular complexity index is 878. The van der Waals surface area contributed by atoms with Gasteiger partial charge in [0, 0.05) is 32.1 Å². The van der Waals surface area contributed by atoms with Crippen LogP contribution >= 0.6 is 0 Å². The first-order chi connectivity index (χ1) is 14.5. The summed E-state index contributed by atoms with van der Waals surface area (Å²) in [6.07, 6.45) is 3.16. The maximum Gasteiger partial charge on any atom is 0.220 e. The number of hydrogen-bond acceptors (Lipinski definition) is 4. The maximum absolute atomic E-state index is 12.3. The highest BCUT2D eigenvalue weighted by atomic mass is 16.5. The number of carbonyl (C=O) groups is 1. The van der Waals surface area contributed by atoms with Crippen LogP contribution in [0, 0.1) is 25.2 Å². The summed E-state index contributed by atoms with van der Waals surface area (Å²) < 4.78 is 5.84. The number of aryl methyl sites for hydroxylation is 2. The molecule has 1 saturated heterocycles. The molecule has 0 radical (unpaired) electrons. The number of amides is 1. The van der Waals surface area contributed by atoms with E-state index in [4.69, 9.17) is 10.00 Å². The van der Waals surface area contributed by atoms with E-state index in [1.165, 1.54) is 11.1 Å². The first-order valence-electron chi connectivity index (χ1n) is 10.7. The predicted octanol–water partition coefficient (Wildman–Crippen LogP) is 4.11. The lowest BCUT2D eigenvalue weighted by atomic mass is 10.0. The van der Waals surface area contributed by atoms with Gasteiger partial charge in [-0.2, -0.15) is 5.26 Å². The summed E-state index contributed by atoms with van der Waals surface area (Å²) >= 11 is 0. The van der Waals surface area contributed by atoms with Crippen LogP contribution < -0.4 is 10.1 Å². The molecule has 5 heteroatoms. The molecular formula is C25H31N3O2. The van der Waals surface area contributed by atoms with Crippen molar-refractivity contribution in [1.82, 2.24) is 10.2 Å². The molecule has 2 aromatic carbocycles. The van der Waals surface area contributed by atoms with E-state index in [1.54, 1.807) is 0 Å². The van der Waals surface area contributed by atoms with Crippen molar-refractivity contribution >= 4 is 5.91 Å². The molecular weight excluding hydrogens is 374 g/mol. The van der Waals surface area contributed by atoms with Gasteiger partial charge in [-0.1, -0.05) is 24.3 Å². The highest BCUT2D eigenvalue weighted by Gasteiger charge is 2.20. The van der Waals surface area contributed by atoms with E-state index in [1.807, 2.05) is 37.3 Å². The van der Waals surface area contributed by atoms with Crippen LogP contribution in [-0.2, 0) is 11.3 Å². The number of carbonyl (C=O) groups excluding carboxylic acids is 1. The first-order valence-corrected chi connectivity index (χ1v) is 10.7. The van der Waals surface area contributed by atoms with E-state index < -0.39 is 0 Å². The second-order valence-electron chi connectivity index (χ2n) is 8.15. The summed E-state index contributed by atoms with van der Waals surface area (Å²) in [5, 5.41) is 12.1. The molecule has 1 fully saturated rings. The van der Waals surface area contributed by atoms with Crippen LogP contribution in [-0.4, -0.2) is 36.5 Å². The van der Waals surface area contributed by atoms with Crippen LogP contribution in [0.25, 0.3) is 0 Å². The highest BCUT2D eigenvalue weighted by molar-refractivity contribution is 5.76. The molecule has 0 bridgehead atoms. The minimum atomic E-state index is 0.116. The molecule has 30 heavy (non-hydrogen) atoms. The molecule has 1 heterocycles. The van der Waals surface area contributed by atoms with Crippen LogP contribution in [0.5, 0.6) is 5.75 Å². The van der Waals surface area contributed by atoms with E-state index in [2.05, 4.69) is 35.3 Å². The second-order valence-corrected chi connectivity index (χ2v) is 8.15. The van der Waals surface area contributed by atoms with E-state index in [0.717, 1.165) is 50.2 Å². The van der Waals surface area contributed by atoms with Crippen LogP contribution in [0.2, 0.25) is 0 Å². The van der Waals surface area contributed by atoms with Gasteiger partial charge in [0.05, 0.1) is 18.2 Å². The number of benzene rings is 2. The SMILES string of the molecule is Cc1ccc(C)c(OCCCC(=O)NC2CCN(Cc3ccc(C#N)cc3)CC2)c1. The quantitative estimate of drug-likeness (QED) is 0.671. The number of rotatable bonds is 8. The number of hydrogen-bond donors (Lipinski definition) is 1. The van der Waals surface area contributed by atoms with Crippen molar-refractivity contribution in [1.29, 1.82) is 5.26 Å². The Morgan fingerprint density at radius 1 is 1.17 bits per heavy atom. The molecule has 0 aliphatic carbocycles. The van der Waals surface area contributed by atoms with E-state index >= 15 is 0 Å². The molecule has 0 unspecified atom stereocenters. The molecule has 0 spiro atoms. The third kappa shape index (κ3) is 6.60. The third-order valence-electron chi connectivity index (χ3n) is 5.59. The monoisotopic (exact) mass is 405 g/mol. The van der Waals surface area contributed by atoms with Crippen LogP contribution in [0.3, 0.4) is 0 Å². The molecule has 5 nitrogen and oxygen atoms in total. The lowest BCUT2D eigenvalue weighted by Crippen LogP contribution is -2.44. The number of nitrogens with one attached hydrogen (secondary N) is 1. The van der Waals surface area contributed by atoms with Crippen molar-refractivity contribution in [2.75, 3.05) is 19.7 Å². The lowest BCUT2D eigenvalue weighted by Gasteiger charge is -2.32. The normalized spacial score (nSPS) is 14.8. The molecule has 3 rings (SSSR count). The van der Waals surface area contributed by atoms with Gasteiger partial charge in [0.15, 0.2) is 0 Å².